The quantitative estimate of drug-likeness (QED) is 0.604. The van der Waals surface area contributed by atoms with Crippen molar-refractivity contribution < 1.29 is 4.79 Å². The van der Waals surface area contributed by atoms with Crippen LogP contribution >= 0.6 is 11.6 Å². The molecule has 3 nitrogen and oxygen atoms in total. The molecule has 2 aliphatic rings. The summed E-state index contributed by atoms with van der Waals surface area (Å²) < 4.78 is 0. The van der Waals surface area contributed by atoms with Crippen LogP contribution in [-0.2, 0) is 4.79 Å². The van der Waals surface area contributed by atoms with Crippen LogP contribution < -0.4 is 10.6 Å². The van der Waals surface area contributed by atoms with E-state index in [2.05, 4.69) is 10.6 Å². The third-order valence-electron chi connectivity index (χ3n) is 3.06. The number of alkyl halides is 1. The maximum atomic E-state index is 11.1. The van der Waals surface area contributed by atoms with Crippen molar-refractivity contribution in [2.75, 3.05) is 19.0 Å². The molecule has 0 aromatic heterocycles. The van der Waals surface area contributed by atoms with Crippen LogP contribution in [0.15, 0.2) is 0 Å². The number of hydrogen-bond acceptors (Lipinski definition) is 2. The molecule has 0 radical (unpaired) electrons. The molecule has 0 aromatic rings. The van der Waals surface area contributed by atoms with Gasteiger partial charge in [-0.3, -0.25) is 4.79 Å². The Hall–Kier alpha value is -0.280. The Labute approximate surface area is 76.8 Å². The highest BCUT2D eigenvalue weighted by molar-refractivity contribution is 6.27. The van der Waals surface area contributed by atoms with Gasteiger partial charge >= 0.3 is 0 Å². The summed E-state index contributed by atoms with van der Waals surface area (Å²) in [5, 5.41) is 6.30. The summed E-state index contributed by atoms with van der Waals surface area (Å²) in [4.78, 5) is 11.1. The first-order valence-corrected chi connectivity index (χ1v) is 4.88. The van der Waals surface area contributed by atoms with Gasteiger partial charge in [0.05, 0.1) is 5.54 Å². The third-order valence-corrected chi connectivity index (χ3v) is 3.30. The minimum atomic E-state index is -0.0370. The van der Waals surface area contributed by atoms with Crippen molar-refractivity contribution in [3.8, 4) is 0 Å². The fraction of sp³-hybridized carbons (Fsp3) is 0.875. The van der Waals surface area contributed by atoms with Gasteiger partial charge < -0.3 is 10.6 Å². The molecule has 1 aliphatic heterocycles. The van der Waals surface area contributed by atoms with Crippen molar-refractivity contribution in [1.82, 2.24) is 10.6 Å². The number of amides is 1. The molecule has 1 heterocycles. The number of rotatable bonds is 2. The monoisotopic (exact) mass is 188 g/mol. The lowest BCUT2D eigenvalue weighted by Crippen LogP contribution is -2.60. The molecule has 1 saturated carbocycles. The Balaban J connectivity index is 1.97. The third kappa shape index (κ3) is 1.12. The number of hydrogen-bond donors (Lipinski definition) is 2. The van der Waals surface area contributed by atoms with Crippen LogP contribution in [0.4, 0.5) is 0 Å². The molecule has 1 aliphatic carbocycles. The van der Waals surface area contributed by atoms with E-state index >= 15 is 0 Å². The highest BCUT2D eigenvalue weighted by Gasteiger charge is 2.50. The zero-order valence-corrected chi connectivity index (χ0v) is 7.66. The number of halogens is 1. The second-order valence-electron chi connectivity index (χ2n) is 3.70. The van der Waals surface area contributed by atoms with Gasteiger partial charge in [0.2, 0.25) is 5.91 Å². The number of fused-ring (bicyclic) bond motifs is 1. The predicted molar refractivity (Wildman–Crippen MR) is 47.2 cm³/mol. The summed E-state index contributed by atoms with van der Waals surface area (Å²) in [7, 11) is 0. The van der Waals surface area contributed by atoms with E-state index in [0.717, 1.165) is 19.5 Å². The highest BCUT2D eigenvalue weighted by atomic mass is 35.5. The van der Waals surface area contributed by atoms with Gasteiger partial charge in [-0.05, 0) is 18.8 Å². The van der Waals surface area contributed by atoms with Gasteiger partial charge in [-0.25, -0.2) is 0 Å². The summed E-state index contributed by atoms with van der Waals surface area (Å²) in [5.41, 5.74) is 0.0615. The van der Waals surface area contributed by atoms with Gasteiger partial charge in [-0.2, -0.15) is 0 Å². The molecule has 68 valence electrons. The Bertz CT molecular complexity index is 209. The van der Waals surface area contributed by atoms with Gasteiger partial charge in [0.25, 0.3) is 0 Å². The van der Waals surface area contributed by atoms with E-state index in [1.165, 1.54) is 6.42 Å². The van der Waals surface area contributed by atoms with Gasteiger partial charge in [-0.15, -0.1) is 11.6 Å². The van der Waals surface area contributed by atoms with Crippen molar-refractivity contribution in [3.63, 3.8) is 0 Å². The second kappa shape index (κ2) is 2.89. The average Bonchev–Trinajstić information content (AvgIpc) is 2.31. The van der Waals surface area contributed by atoms with E-state index in [-0.39, 0.29) is 17.3 Å². The van der Waals surface area contributed by atoms with Crippen molar-refractivity contribution in [2.45, 2.75) is 18.4 Å². The lowest BCUT2D eigenvalue weighted by atomic mass is 9.69. The standard InChI is InChI=1S/C8H13ClN2O/c9-3-7(12)11-8-2-1-6(8)4-10-5-8/h6,10H,1-5H2,(H,11,12). The fourth-order valence-corrected chi connectivity index (χ4v) is 2.28. The van der Waals surface area contributed by atoms with Crippen molar-refractivity contribution >= 4 is 17.5 Å². The first-order valence-electron chi connectivity index (χ1n) is 4.34. The molecule has 0 aromatic carbocycles. The van der Waals surface area contributed by atoms with Crippen LogP contribution in [-0.4, -0.2) is 30.4 Å². The first-order chi connectivity index (χ1) is 5.77. The Morgan fingerprint density at radius 3 is 3.08 bits per heavy atom. The summed E-state index contributed by atoms with van der Waals surface area (Å²) in [6.07, 6.45) is 2.34. The number of carbonyl (C=O) groups is 1. The summed E-state index contributed by atoms with van der Waals surface area (Å²) >= 11 is 5.43. The molecule has 0 spiro atoms. The van der Waals surface area contributed by atoms with Gasteiger partial charge in [-0.1, -0.05) is 0 Å². The molecule has 2 fully saturated rings. The van der Waals surface area contributed by atoms with E-state index in [1.54, 1.807) is 0 Å². The lowest BCUT2D eigenvalue weighted by Gasteiger charge is -2.44. The van der Waals surface area contributed by atoms with E-state index in [9.17, 15) is 4.79 Å². The molecule has 2 unspecified atom stereocenters. The molecular weight excluding hydrogens is 176 g/mol. The zero-order valence-electron chi connectivity index (χ0n) is 6.90. The average molecular weight is 189 g/mol. The molecule has 0 bridgehead atoms. The molecule has 1 amide bonds. The Kier molecular flexibility index (Phi) is 2.00. The SMILES string of the molecule is O=C(CCl)NC12CCC1CNC2. The van der Waals surface area contributed by atoms with Gasteiger partial charge in [0, 0.05) is 13.1 Å². The fourth-order valence-electron chi connectivity index (χ4n) is 2.22. The topological polar surface area (TPSA) is 41.1 Å². The van der Waals surface area contributed by atoms with Crippen molar-refractivity contribution in [2.24, 2.45) is 5.92 Å². The molecule has 2 N–H and O–H groups in total. The number of nitrogens with one attached hydrogen (secondary N) is 2. The van der Waals surface area contributed by atoms with Crippen LogP contribution in [0.25, 0.3) is 0 Å². The molecule has 12 heavy (non-hydrogen) atoms. The van der Waals surface area contributed by atoms with Crippen LogP contribution in [0.5, 0.6) is 0 Å². The van der Waals surface area contributed by atoms with E-state index in [0.29, 0.717) is 5.92 Å². The Morgan fingerprint density at radius 2 is 2.58 bits per heavy atom. The van der Waals surface area contributed by atoms with Crippen LogP contribution in [0, 0.1) is 5.92 Å². The summed E-state index contributed by atoms with van der Waals surface area (Å²) in [6, 6.07) is 0. The molecule has 2 atom stereocenters. The largest absolute Gasteiger partial charge is 0.348 e. The van der Waals surface area contributed by atoms with Crippen molar-refractivity contribution in [3.05, 3.63) is 0 Å². The number of carbonyl (C=O) groups excluding carboxylic acids is 1. The first kappa shape index (κ1) is 8.32. The van der Waals surface area contributed by atoms with E-state index in [4.69, 9.17) is 11.6 Å². The second-order valence-corrected chi connectivity index (χ2v) is 3.97. The molecular formula is C8H13ClN2O. The van der Waals surface area contributed by atoms with Crippen molar-refractivity contribution in [1.29, 1.82) is 0 Å². The minimum Gasteiger partial charge on any atom is -0.348 e. The van der Waals surface area contributed by atoms with Crippen LogP contribution in [0.3, 0.4) is 0 Å². The van der Waals surface area contributed by atoms with Gasteiger partial charge in [0.1, 0.15) is 5.88 Å². The summed E-state index contributed by atoms with van der Waals surface area (Å²) in [6.45, 7) is 1.96. The Morgan fingerprint density at radius 1 is 1.75 bits per heavy atom. The maximum absolute atomic E-state index is 11.1. The molecule has 2 rings (SSSR count). The zero-order chi connectivity index (χ0) is 8.60. The normalized spacial score (nSPS) is 38.6. The van der Waals surface area contributed by atoms with Gasteiger partial charge in [0.15, 0.2) is 0 Å². The minimum absolute atomic E-state index is 0.0370. The molecule has 4 heteroatoms. The summed E-state index contributed by atoms with van der Waals surface area (Å²) in [5.74, 6) is 0.684. The van der Waals surface area contributed by atoms with E-state index in [1.807, 2.05) is 0 Å². The lowest BCUT2D eigenvalue weighted by molar-refractivity contribution is -0.122. The molecule has 1 saturated heterocycles. The maximum Gasteiger partial charge on any atom is 0.235 e. The van der Waals surface area contributed by atoms with Crippen LogP contribution in [0.2, 0.25) is 0 Å². The van der Waals surface area contributed by atoms with Crippen LogP contribution in [0.1, 0.15) is 12.8 Å². The predicted octanol–water partition coefficient (Wildman–Crippen LogP) is 0.0934. The highest BCUT2D eigenvalue weighted by Crippen LogP contribution is 2.40. The smallest absolute Gasteiger partial charge is 0.235 e. The van der Waals surface area contributed by atoms with E-state index < -0.39 is 0 Å².